The average Bonchev–Trinajstić information content (AvgIpc) is 2.99. The van der Waals surface area contributed by atoms with Crippen LogP contribution < -0.4 is 9.62 Å². The Hall–Kier alpha value is -4.50. The number of sulfonamides is 1. The van der Waals surface area contributed by atoms with Crippen molar-refractivity contribution in [3.63, 3.8) is 0 Å². The lowest BCUT2D eigenvalue weighted by Crippen LogP contribution is -2.54. The maximum absolute atomic E-state index is 14.3. The number of rotatable bonds is 12. The Bertz CT molecular complexity index is 1610. The molecular formula is C34H36FN3O4S. The van der Waals surface area contributed by atoms with E-state index in [1.54, 1.807) is 24.3 Å². The molecule has 4 aromatic rings. The average molecular weight is 602 g/mol. The van der Waals surface area contributed by atoms with Gasteiger partial charge < -0.3 is 10.2 Å². The van der Waals surface area contributed by atoms with E-state index in [0.717, 1.165) is 33.1 Å². The molecule has 0 radical (unpaired) electrons. The van der Waals surface area contributed by atoms with E-state index in [2.05, 4.69) is 5.32 Å². The minimum atomic E-state index is -4.29. The van der Waals surface area contributed by atoms with E-state index in [4.69, 9.17) is 0 Å². The molecule has 0 aliphatic carbocycles. The number of halogens is 1. The number of carbonyl (C=O) groups is 2. The van der Waals surface area contributed by atoms with E-state index in [9.17, 15) is 22.4 Å². The lowest BCUT2D eigenvalue weighted by atomic mass is 10.0. The van der Waals surface area contributed by atoms with E-state index < -0.39 is 34.3 Å². The van der Waals surface area contributed by atoms with Crippen LogP contribution >= 0.6 is 0 Å². The summed E-state index contributed by atoms with van der Waals surface area (Å²) in [6, 6.07) is 28.8. The first-order valence-corrected chi connectivity index (χ1v) is 15.5. The maximum atomic E-state index is 14.3. The topological polar surface area (TPSA) is 86.8 Å². The molecule has 9 heteroatoms. The highest BCUT2D eigenvalue weighted by Crippen LogP contribution is 2.26. The Labute approximate surface area is 253 Å². The zero-order valence-corrected chi connectivity index (χ0v) is 25.3. The van der Waals surface area contributed by atoms with Gasteiger partial charge in [-0.2, -0.15) is 0 Å². The maximum Gasteiger partial charge on any atom is 0.264 e. The highest BCUT2D eigenvalue weighted by atomic mass is 32.2. The molecule has 0 unspecified atom stereocenters. The molecule has 0 aliphatic rings. The third-order valence-corrected chi connectivity index (χ3v) is 8.69. The molecule has 4 aromatic carbocycles. The molecule has 1 N–H and O–H groups in total. The van der Waals surface area contributed by atoms with Crippen molar-refractivity contribution in [2.75, 3.05) is 10.8 Å². The van der Waals surface area contributed by atoms with E-state index in [-0.39, 0.29) is 35.5 Å². The van der Waals surface area contributed by atoms with Gasteiger partial charge in [-0.15, -0.1) is 0 Å². The van der Waals surface area contributed by atoms with Crippen molar-refractivity contribution in [1.82, 2.24) is 10.2 Å². The van der Waals surface area contributed by atoms with Crippen LogP contribution in [-0.4, -0.2) is 43.8 Å². The van der Waals surface area contributed by atoms with E-state index >= 15 is 0 Å². The summed E-state index contributed by atoms with van der Waals surface area (Å²) in [4.78, 5) is 29.3. The molecule has 0 spiro atoms. The highest BCUT2D eigenvalue weighted by molar-refractivity contribution is 7.92. The van der Waals surface area contributed by atoms with Crippen LogP contribution in [0.4, 0.5) is 10.1 Å². The van der Waals surface area contributed by atoms with Crippen LogP contribution in [0.25, 0.3) is 0 Å². The number of nitrogens with one attached hydrogen (secondary N) is 1. The van der Waals surface area contributed by atoms with Crippen LogP contribution in [-0.2, 0) is 32.6 Å². The number of benzene rings is 4. The van der Waals surface area contributed by atoms with E-state index in [1.807, 2.05) is 81.4 Å². The molecule has 0 fully saturated rings. The quantitative estimate of drug-likeness (QED) is 0.233. The number of nitrogens with zero attached hydrogens (tertiary/aromatic N) is 2. The van der Waals surface area contributed by atoms with Crippen LogP contribution in [0.15, 0.2) is 114 Å². The number of carbonyl (C=O) groups excluding carboxylic acids is 2. The summed E-state index contributed by atoms with van der Waals surface area (Å²) >= 11 is 0. The first kappa shape index (κ1) is 31.4. The standard InChI is InChI=1S/C34H36FN3O4S/c1-25(2)36-34(40)32(22-27-10-6-4-7-11-27)37(23-28-12-8-5-9-13-28)33(39)24-38(30-18-14-26(3)15-19-30)43(41,42)31-20-16-29(35)17-21-31/h4-21,25,32H,22-24H2,1-3H3,(H,36,40)/t32-/m0/s1. The van der Waals surface area contributed by atoms with Crippen LogP contribution in [0, 0.1) is 12.7 Å². The van der Waals surface area contributed by atoms with Gasteiger partial charge in [0.05, 0.1) is 10.6 Å². The minimum Gasteiger partial charge on any atom is -0.352 e. The van der Waals surface area contributed by atoms with Gasteiger partial charge in [-0.3, -0.25) is 13.9 Å². The predicted octanol–water partition coefficient (Wildman–Crippen LogP) is 5.49. The first-order valence-electron chi connectivity index (χ1n) is 14.1. The second-order valence-corrected chi connectivity index (χ2v) is 12.5. The van der Waals surface area contributed by atoms with Crippen molar-refractivity contribution in [2.45, 2.75) is 50.7 Å². The summed E-state index contributed by atoms with van der Waals surface area (Å²) in [5, 5.41) is 2.94. The van der Waals surface area contributed by atoms with Crippen molar-refractivity contribution in [3.05, 3.63) is 132 Å². The summed E-state index contributed by atoms with van der Waals surface area (Å²) in [5.41, 5.74) is 2.82. The Morgan fingerprint density at radius 3 is 1.91 bits per heavy atom. The van der Waals surface area contributed by atoms with Gasteiger partial charge in [0.25, 0.3) is 10.0 Å². The van der Waals surface area contributed by atoms with E-state index in [0.29, 0.717) is 0 Å². The molecular weight excluding hydrogens is 565 g/mol. The van der Waals surface area contributed by atoms with Crippen LogP contribution in [0.1, 0.15) is 30.5 Å². The molecule has 0 saturated carbocycles. The zero-order valence-electron chi connectivity index (χ0n) is 24.5. The fraction of sp³-hybridized carbons (Fsp3) is 0.235. The zero-order chi connectivity index (χ0) is 31.0. The van der Waals surface area contributed by atoms with Crippen molar-refractivity contribution < 1.29 is 22.4 Å². The molecule has 43 heavy (non-hydrogen) atoms. The monoisotopic (exact) mass is 601 g/mol. The van der Waals surface area contributed by atoms with Gasteiger partial charge in [0.2, 0.25) is 11.8 Å². The summed E-state index contributed by atoms with van der Waals surface area (Å²) < 4.78 is 42.6. The Morgan fingerprint density at radius 2 is 1.35 bits per heavy atom. The molecule has 0 heterocycles. The molecule has 1 atom stereocenters. The third kappa shape index (κ3) is 8.29. The number of aryl methyl sites for hydroxylation is 1. The predicted molar refractivity (Wildman–Crippen MR) is 166 cm³/mol. The van der Waals surface area contributed by atoms with Gasteiger partial charge in [0, 0.05) is 19.0 Å². The van der Waals surface area contributed by atoms with Crippen molar-refractivity contribution in [1.29, 1.82) is 0 Å². The Morgan fingerprint density at radius 1 is 0.791 bits per heavy atom. The van der Waals surface area contributed by atoms with Crippen molar-refractivity contribution in [2.24, 2.45) is 0 Å². The van der Waals surface area contributed by atoms with Gasteiger partial charge >= 0.3 is 0 Å². The number of hydrogen-bond acceptors (Lipinski definition) is 4. The van der Waals surface area contributed by atoms with E-state index in [1.165, 1.54) is 17.0 Å². The third-order valence-electron chi connectivity index (χ3n) is 6.90. The smallest absolute Gasteiger partial charge is 0.264 e. The Kier molecular flexibility index (Phi) is 10.3. The van der Waals surface area contributed by atoms with Gasteiger partial charge in [0.1, 0.15) is 18.4 Å². The molecule has 0 aromatic heterocycles. The summed E-state index contributed by atoms with van der Waals surface area (Å²) in [5.74, 6) is -1.48. The summed E-state index contributed by atoms with van der Waals surface area (Å²) in [6.07, 6.45) is 0.229. The van der Waals surface area contributed by atoms with Gasteiger partial charge in [-0.05, 0) is 68.3 Å². The fourth-order valence-electron chi connectivity index (χ4n) is 4.69. The second-order valence-electron chi connectivity index (χ2n) is 10.7. The Balaban J connectivity index is 1.78. The molecule has 0 saturated heterocycles. The molecule has 224 valence electrons. The number of hydrogen-bond donors (Lipinski definition) is 1. The molecule has 2 amide bonds. The molecule has 0 aliphatic heterocycles. The largest absolute Gasteiger partial charge is 0.352 e. The van der Waals surface area contributed by atoms with Gasteiger partial charge in [-0.1, -0.05) is 78.4 Å². The first-order chi connectivity index (χ1) is 20.5. The summed E-state index contributed by atoms with van der Waals surface area (Å²) in [7, 11) is -4.29. The van der Waals surface area contributed by atoms with Crippen molar-refractivity contribution >= 4 is 27.5 Å². The molecule has 4 rings (SSSR count). The van der Waals surface area contributed by atoms with Gasteiger partial charge in [-0.25, -0.2) is 12.8 Å². The second kappa shape index (κ2) is 14.1. The summed E-state index contributed by atoms with van der Waals surface area (Å²) in [6.45, 7) is 5.07. The number of amides is 2. The lowest BCUT2D eigenvalue weighted by Gasteiger charge is -2.34. The van der Waals surface area contributed by atoms with Crippen LogP contribution in [0.2, 0.25) is 0 Å². The van der Waals surface area contributed by atoms with Gasteiger partial charge in [0.15, 0.2) is 0 Å². The van der Waals surface area contributed by atoms with Crippen LogP contribution in [0.5, 0.6) is 0 Å². The lowest BCUT2D eigenvalue weighted by molar-refractivity contribution is -0.140. The minimum absolute atomic E-state index is 0.0843. The molecule has 0 bridgehead atoms. The van der Waals surface area contributed by atoms with Crippen LogP contribution in [0.3, 0.4) is 0 Å². The SMILES string of the molecule is Cc1ccc(N(CC(=O)N(Cc2ccccc2)[C@@H](Cc2ccccc2)C(=O)NC(C)C)S(=O)(=O)c2ccc(F)cc2)cc1. The fourth-order valence-corrected chi connectivity index (χ4v) is 6.10. The van der Waals surface area contributed by atoms with Crippen molar-refractivity contribution in [3.8, 4) is 0 Å². The number of anilines is 1. The molecule has 7 nitrogen and oxygen atoms in total. The normalized spacial score (nSPS) is 12.0. The highest BCUT2D eigenvalue weighted by Gasteiger charge is 2.34.